The summed E-state index contributed by atoms with van der Waals surface area (Å²) in [7, 11) is 0. The van der Waals surface area contributed by atoms with E-state index in [1.807, 2.05) is 6.08 Å². The van der Waals surface area contributed by atoms with Crippen LogP contribution in [-0.4, -0.2) is 0 Å². The molecule has 1 aliphatic rings. The molecular formula is C9H17N. The Bertz CT molecular complexity index is 156. The van der Waals surface area contributed by atoms with E-state index in [1.165, 1.54) is 0 Å². The highest BCUT2D eigenvalue weighted by atomic mass is 14.6. The van der Waals surface area contributed by atoms with Crippen molar-refractivity contribution < 1.29 is 0 Å². The van der Waals surface area contributed by atoms with E-state index < -0.39 is 0 Å². The minimum atomic E-state index is 0. The van der Waals surface area contributed by atoms with E-state index in [1.54, 1.807) is 0 Å². The fourth-order valence-corrected chi connectivity index (χ4v) is 0.949. The molecule has 1 heteroatoms. The number of hydrogen-bond donors (Lipinski definition) is 1. The zero-order chi connectivity index (χ0) is 6.85. The molecule has 0 bridgehead atoms. The first-order chi connectivity index (χ1) is 4.20. The van der Waals surface area contributed by atoms with E-state index >= 15 is 0 Å². The van der Waals surface area contributed by atoms with Gasteiger partial charge in [0.15, 0.2) is 0 Å². The Labute approximate surface area is 63.6 Å². The lowest BCUT2D eigenvalue weighted by Crippen LogP contribution is -2.10. The van der Waals surface area contributed by atoms with Gasteiger partial charge in [-0.05, 0) is 17.9 Å². The zero-order valence-electron chi connectivity index (χ0n) is 5.96. The third-order valence-corrected chi connectivity index (χ3v) is 1.88. The summed E-state index contributed by atoms with van der Waals surface area (Å²) in [6.45, 7) is 4.38. The SMILES string of the molecule is C.CC1C=CC(N)=CC1C. The molecule has 0 spiro atoms. The third-order valence-electron chi connectivity index (χ3n) is 1.88. The molecular weight excluding hydrogens is 122 g/mol. The first kappa shape index (κ1) is 9.28. The first-order valence-corrected chi connectivity index (χ1v) is 3.35. The molecule has 0 aliphatic heterocycles. The molecule has 0 radical (unpaired) electrons. The minimum absolute atomic E-state index is 0. The average molecular weight is 139 g/mol. The molecule has 1 rings (SSSR count). The summed E-state index contributed by atoms with van der Waals surface area (Å²) in [5.41, 5.74) is 6.46. The molecule has 10 heavy (non-hydrogen) atoms. The summed E-state index contributed by atoms with van der Waals surface area (Å²) in [5.74, 6) is 1.26. The van der Waals surface area contributed by atoms with Crippen molar-refractivity contribution in [1.29, 1.82) is 0 Å². The van der Waals surface area contributed by atoms with Crippen LogP contribution in [0.5, 0.6) is 0 Å². The lowest BCUT2D eigenvalue weighted by molar-refractivity contribution is 0.548. The predicted octanol–water partition coefficient (Wildman–Crippen LogP) is 2.31. The van der Waals surface area contributed by atoms with Gasteiger partial charge in [-0.15, -0.1) is 0 Å². The lowest BCUT2D eigenvalue weighted by atomic mass is 9.91. The van der Waals surface area contributed by atoms with E-state index in [0.717, 1.165) is 5.70 Å². The third kappa shape index (κ3) is 1.90. The summed E-state index contributed by atoms with van der Waals surface area (Å²) in [5, 5.41) is 0. The van der Waals surface area contributed by atoms with Crippen molar-refractivity contribution in [2.45, 2.75) is 21.3 Å². The van der Waals surface area contributed by atoms with Gasteiger partial charge in [-0.3, -0.25) is 0 Å². The maximum Gasteiger partial charge on any atom is 0.0273 e. The number of nitrogens with two attached hydrogens (primary N) is 1. The molecule has 58 valence electrons. The van der Waals surface area contributed by atoms with Crippen molar-refractivity contribution in [3.63, 3.8) is 0 Å². The smallest absolute Gasteiger partial charge is 0.0273 e. The van der Waals surface area contributed by atoms with Gasteiger partial charge < -0.3 is 5.73 Å². The molecule has 0 saturated heterocycles. The van der Waals surface area contributed by atoms with Gasteiger partial charge in [0.25, 0.3) is 0 Å². The van der Waals surface area contributed by atoms with E-state index in [-0.39, 0.29) is 7.43 Å². The zero-order valence-corrected chi connectivity index (χ0v) is 5.96. The Morgan fingerprint density at radius 3 is 2.30 bits per heavy atom. The molecule has 2 unspecified atom stereocenters. The maximum atomic E-state index is 5.56. The normalized spacial score (nSPS) is 30.8. The maximum absolute atomic E-state index is 5.56. The number of hydrogen-bond acceptors (Lipinski definition) is 1. The van der Waals surface area contributed by atoms with Crippen LogP contribution < -0.4 is 5.73 Å². The molecule has 0 saturated carbocycles. The van der Waals surface area contributed by atoms with Gasteiger partial charge in [0, 0.05) is 5.70 Å². The van der Waals surface area contributed by atoms with Crippen molar-refractivity contribution in [2.75, 3.05) is 0 Å². The van der Waals surface area contributed by atoms with Crippen molar-refractivity contribution in [3.05, 3.63) is 23.9 Å². The molecule has 0 aromatic rings. The van der Waals surface area contributed by atoms with Gasteiger partial charge >= 0.3 is 0 Å². The quantitative estimate of drug-likeness (QED) is 0.547. The first-order valence-electron chi connectivity index (χ1n) is 3.35. The molecule has 1 aliphatic carbocycles. The monoisotopic (exact) mass is 139 g/mol. The summed E-state index contributed by atoms with van der Waals surface area (Å²) >= 11 is 0. The van der Waals surface area contributed by atoms with Crippen LogP contribution >= 0.6 is 0 Å². The number of allylic oxidation sites excluding steroid dienone is 3. The molecule has 0 fully saturated rings. The van der Waals surface area contributed by atoms with E-state index in [0.29, 0.717) is 11.8 Å². The Kier molecular flexibility index (Phi) is 3.20. The van der Waals surface area contributed by atoms with Crippen molar-refractivity contribution in [3.8, 4) is 0 Å². The molecule has 0 aromatic heterocycles. The van der Waals surface area contributed by atoms with Crippen LogP contribution in [0.2, 0.25) is 0 Å². The van der Waals surface area contributed by atoms with E-state index in [2.05, 4.69) is 26.0 Å². The van der Waals surface area contributed by atoms with Crippen LogP contribution in [0, 0.1) is 11.8 Å². The summed E-state index contributed by atoms with van der Waals surface area (Å²) < 4.78 is 0. The van der Waals surface area contributed by atoms with Gasteiger partial charge in [0.1, 0.15) is 0 Å². The van der Waals surface area contributed by atoms with Crippen molar-refractivity contribution >= 4 is 0 Å². The van der Waals surface area contributed by atoms with Gasteiger partial charge in [0.05, 0.1) is 0 Å². The Morgan fingerprint density at radius 2 is 1.90 bits per heavy atom. The average Bonchev–Trinajstić information content (AvgIpc) is 1.80. The highest BCUT2D eigenvalue weighted by Gasteiger charge is 2.09. The van der Waals surface area contributed by atoms with Gasteiger partial charge in [-0.2, -0.15) is 0 Å². The molecule has 2 N–H and O–H groups in total. The lowest BCUT2D eigenvalue weighted by Gasteiger charge is -2.16. The fraction of sp³-hybridized carbons (Fsp3) is 0.556. The van der Waals surface area contributed by atoms with E-state index in [9.17, 15) is 0 Å². The molecule has 1 nitrogen and oxygen atoms in total. The highest BCUT2D eigenvalue weighted by Crippen LogP contribution is 2.19. The second-order valence-corrected chi connectivity index (χ2v) is 2.74. The van der Waals surface area contributed by atoms with Crippen molar-refractivity contribution in [2.24, 2.45) is 17.6 Å². The fourth-order valence-electron chi connectivity index (χ4n) is 0.949. The van der Waals surface area contributed by atoms with Crippen LogP contribution in [0.4, 0.5) is 0 Å². The largest absolute Gasteiger partial charge is 0.399 e. The highest BCUT2D eigenvalue weighted by molar-refractivity contribution is 5.21. The molecule has 0 amide bonds. The summed E-state index contributed by atoms with van der Waals surface area (Å²) in [6.07, 6.45) is 6.23. The second kappa shape index (κ2) is 3.45. The van der Waals surface area contributed by atoms with Crippen LogP contribution in [0.1, 0.15) is 21.3 Å². The Morgan fingerprint density at radius 1 is 1.30 bits per heavy atom. The van der Waals surface area contributed by atoms with Crippen LogP contribution in [-0.2, 0) is 0 Å². The second-order valence-electron chi connectivity index (χ2n) is 2.74. The minimum Gasteiger partial charge on any atom is -0.399 e. The standard InChI is InChI=1S/C8H13N.CH4/c1-6-3-4-8(9)5-7(6)2;/h3-7H,9H2,1-2H3;1H4. The summed E-state index contributed by atoms with van der Waals surface area (Å²) in [6, 6.07) is 0. The van der Waals surface area contributed by atoms with Crippen LogP contribution in [0.25, 0.3) is 0 Å². The topological polar surface area (TPSA) is 26.0 Å². The molecule has 2 atom stereocenters. The number of rotatable bonds is 0. The van der Waals surface area contributed by atoms with Crippen molar-refractivity contribution in [1.82, 2.24) is 0 Å². The molecule has 0 heterocycles. The van der Waals surface area contributed by atoms with Gasteiger partial charge in [0.2, 0.25) is 0 Å². The van der Waals surface area contributed by atoms with Gasteiger partial charge in [-0.1, -0.05) is 33.4 Å². The van der Waals surface area contributed by atoms with Crippen LogP contribution in [0.3, 0.4) is 0 Å². The van der Waals surface area contributed by atoms with E-state index in [4.69, 9.17) is 5.73 Å². The van der Waals surface area contributed by atoms with Gasteiger partial charge in [-0.25, -0.2) is 0 Å². The Balaban J connectivity index is 0.000000810. The predicted molar refractivity (Wildman–Crippen MR) is 46.5 cm³/mol. The summed E-state index contributed by atoms with van der Waals surface area (Å²) in [4.78, 5) is 0. The Hall–Kier alpha value is -0.720. The van der Waals surface area contributed by atoms with Crippen LogP contribution in [0.15, 0.2) is 23.9 Å². The molecule has 0 aromatic carbocycles.